The highest BCUT2D eigenvalue weighted by molar-refractivity contribution is 4.98. The largest absolute Gasteiger partial charge is 0.314 e. The van der Waals surface area contributed by atoms with Gasteiger partial charge in [-0.05, 0) is 25.3 Å². The second-order valence-corrected chi connectivity index (χ2v) is 5.14. The van der Waals surface area contributed by atoms with Gasteiger partial charge in [0, 0.05) is 5.54 Å². The highest BCUT2D eigenvalue weighted by atomic mass is 15.0. The van der Waals surface area contributed by atoms with Crippen LogP contribution in [0.4, 0.5) is 0 Å². The number of rotatable bonds is 1. The molecule has 0 heterocycles. The van der Waals surface area contributed by atoms with Gasteiger partial charge in [0.2, 0.25) is 0 Å². The van der Waals surface area contributed by atoms with Crippen LogP contribution in [-0.2, 0) is 0 Å². The molecule has 1 nitrogen and oxygen atoms in total. The maximum atomic E-state index is 3.56. The van der Waals surface area contributed by atoms with E-state index in [1.54, 1.807) is 0 Å². The van der Waals surface area contributed by atoms with Crippen molar-refractivity contribution < 1.29 is 0 Å². The molecule has 12 heavy (non-hydrogen) atoms. The quantitative estimate of drug-likeness (QED) is 0.636. The highest BCUT2D eigenvalue weighted by Crippen LogP contribution is 2.41. The van der Waals surface area contributed by atoms with Crippen LogP contribution < -0.4 is 5.32 Å². The Bertz CT molecular complexity index is 138. The van der Waals surface area contributed by atoms with Gasteiger partial charge in [-0.3, -0.25) is 0 Å². The Kier molecular flexibility index (Phi) is 2.82. The van der Waals surface area contributed by atoms with Gasteiger partial charge in [-0.1, -0.05) is 40.0 Å². The molecule has 0 atom stereocenters. The summed E-state index contributed by atoms with van der Waals surface area (Å²) in [6.45, 7) is 7.07. The zero-order valence-corrected chi connectivity index (χ0v) is 9.04. The summed E-state index contributed by atoms with van der Waals surface area (Å²) in [6, 6.07) is 0. The lowest BCUT2D eigenvalue weighted by Gasteiger charge is -2.47. The summed E-state index contributed by atoms with van der Waals surface area (Å²) in [5.41, 5.74) is 0.813. The molecule has 0 unspecified atom stereocenters. The number of hydrogen-bond acceptors (Lipinski definition) is 1. The summed E-state index contributed by atoms with van der Waals surface area (Å²) in [5, 5.41) is 3.56. The molecule has 1 rings (SSSR count). The van der Waals surface area contributed by atoms with Crippen molar-refractivity contribution in [2.75, 3.05) is 7.05 Å². The van der Waals surface area contributed by atoms with Gasteiger partial charge in [0.05, 0.1) is 0 Å². The summed E-state index contributed by atoms with van der Waals surface area (Å²) in [7, 11) is 2.12. The molecule has 0 spiro atoms. The minimum atomic E-state index is 0.405. The van der Waals surface area contributed by atoms with Crippen molar-refractivity contribution in [3.63, 3.8) is 0 Å². The van der Waals surface area contributed by atoms with E-state index in [-0.39, 0.29) is 0 Å². The minimum absolute atomic E-state index is 0.405. The number of nitrogens with one attached hydrogen (secondary N) is 1. The average Bonchev–Trinajstić information content (AvgIpc) is 2.04. The fourth-order valence-electron chi connectivity index (χ4n) is 2.53. The Morgan fingerprint density at radius 2 is 1.50 bits per heavy atom. The predicted molar refractivity (Wildman–Crippen MR) is 54.3 cm³/mol. The van der Waals surface area contributed by atoms with E-state index in [0.29, 0.717) is 11.0 Å². The molecular weight excluding hydrogens is 146 g/mol. The summed E-state index contributed by atoms with van der Waals surface area (Å²) in [5.74, 6) is 0. The van der Waals surface area contributed by atoms with Crippen molar-refractivity contribution in [3.8, 4) is 0 Å². The molecule has 0 aromatic carbocycles. The van der Waals surface area contributed by atoms with E-state index in [4.69, 9.17) is 0 Å². The Labute approximate surface area is 76.9 Å². The first kappa shape index (κ1) is 10.0. The van der Waals surface area contributed by atoms with Crippen LogP contribution in [0, 0.1) is 5.41 Å². The van der Waals surface area contributed by atoms with Gasteiger partial charge in [-0.2, -0.15) is 0 Å². The van der Waals surface area contributed by atoms with Crippen molar-refractivity contribution in [1.29, 1.82) is 0 Å². The molecule has 1 heteroatoms. The summed E-state index contributed by atoms with van der Waals surface area (Å²) < 4.78 is 0. The number of hydrogen-bond donors (Lipinski definition) is 1. The van der Waals surface area contributed by atoms with E-state index in [1.165, 1.54) is 32.1 Å². The van der Waals surface area contributed by atoms with Crippen molar-refractivity contribution in [1.82, 2.24) is 5.32 Å². The zero-order valence-electron chi connectivity index (χ0n) is 9.04. The SMILES string of the molecule is CNC1(C(C)(C)C)CCCCC1. The first-order valence-electron chi connectivity index (χ1n) is 5.21. The third-order valence-corrected chi connectivity index (χ3v) is 3.62. The van der Waals surface area contributed by atoms with E-state index in [2.05, 4.69) is 33.1 Å². The predicted octanol–water partition coefficient (Wildman–Crippen LogP) is 2.95. The second kappa shape index (κ2) is 3.37. The monoisotopic (exact) mass is 169 g/mol. The van der Waals surface area contributed by atoms with Crippen molar-refractivity contribution in [3.05, 3.63) is 0 Å². The Morgan fingerprint density at radius 1 is 1.00 bits per heavy atom. The Hall–Kier alpha value is -0.0400. The molecular formula is C11H23N. The minimum Gasteiger partial charge on any atom is -0.314 e. The van der Waals surface area contributed by atoms with Gasteiger partial charge in [0.25, 0.3) is 0 Å². The summed E-state index contributed by atoms with van der Waals surface area (Å²) in [6.07, 6.45) is 6.94. The van der Waals surface area contributed by atoms with Crippen LogP contribution in [0.25, 0.3) is 0 Å². The molecule has 0 aromatic heterocycles. The van der Waals surface area contributed by atoms with Gasteiger partial charge in [-0.25, -0.2) is 0 Å². The third kappa shape index (κ3) is 1.66. The van der Waals surface area contributed by atoms with Gasteiger partial charge < -0.3 is 5.32 Å². The first-order valence-corrected chi connectivity index (χ1v) is 5.21. The van der Waals surface area contributed by atoms with E-state index >= 15 is 0 Å². The van der Waals surface area contributed by atoms with Crippen LogP contribution >= 0.6 is 0 Å². The van der Waals surface area contributed by atoms with Gasteiger partial charge >= 0.3 is 0 Å². The molecule has 1 N–H and O–H groups in total. The van der Waals surface area contributed by atoms with Crippen molar-refractivity contribution in [2.45, 2.75) is 58.4 Å². The lowest BCUT2D eigenvalue weighted by Crippen LogP contribution is -2.54. The van der Waals surface area contributed by atoms with Crippen LogP contribution in [0.15, 0.2) is 0 Å². The van der Waals surface area contributed by atoms with Crippen molar-refractivity contribution >= 4 is 0 Å². The van der Waals surface area contributed by atoms with Crippen LogP contribution in [-0.4, -0.2) is 12.6 Å². The second-order valence-electron chi connectivity index (χ2n) is 5.14. The topological polar surface area (TPSA) is 12.0 Å². The van der Waals surface area contributed by atoms with E-state index in [1.807, 2.05) is 0 Å². The fraction of sp³-hybridized carbons (Fsp3) is 1.00. The lowest BCUT2D eigenvalue weighted by atomic mass is 9.66. The lowest BCUT2D eigenvalue weighted by molar-refractivity contribution is 0.0979. The molecule has 0 bridgehead atoms. The normalized spacial score (nSPS) is 24.0. The molecule has 0 aromatic rings. The molecule has 0 amide bonds. The Balaban J connectivity index is 2.73. The van der Waals surface area contributed by atoms with Gasteiger partial charge in [0.15, 0.2) is 0 Å². The molecule has 0 radical (unpaired) electrons. The summed E-state index contributed by atoms with van der Waals surface area (Å²) in [4.78, 5) is 0. The molecule has 1 aliphatic carbocycles. The van der Waals surface area contributed by atoms with E-state index in [0.717, 1.165) is 0 Å². The maximum absolute atomic E-state index is 3.56. The molecule has 0 aliphatic heterocycles. The van der Waals surface area contributed by atoms with Gasteiger partial charge in [0.1, 0.15) is 0 Å². The fourth-order valence-corrected chi connectivity index (χ4v) is 2.53. The molecule has 1 saturated carbocycles. The molecule has 1 aliphatic rings. The smallest absolute Gasteiger partial charge is 0.0226 e. The first-order chi connectivity index (χ1) is 5.52. The highest BCUT2D eigenvalue weighted by Gasteiger charge is 2.40. The maximum Gasteiger partial charge on any atom is 0.0226 e. The van der Waals surface area contributed by atoms with Crippen molar-refractivity contribution in [2.24, 2.45) is 5.41 Å². The van der Waals surface area contributed by atoms with Crippen LogP contribution in [0.3, 0.4) is 0 Å². The Morgan fingerprint density at radius 3 is 1.75 bits per heavy atom. The van der Waals surface area contributed by atoms with Crippen LogP contribution in [0.1, 0.15) is 52.9 Å². The third-order valence-electron chi connectivity index (χ3n) is 3.62. The molecule has 72 valence electrons. The van der Waals surface area contributed by atoms with Gasteiger partial charge in [-0.15, -0.1) is 0 Å². The van der Waals surface area contributed by atoms with E-state index in [9.17, 15) is 0 Å². The summed E-state index contributed by atoms with van der Waals surface area (Å²) >= 11 is 0. The van der Waals surface area contributed by atoms with Crippen LogP contribution in [0.2, 0.25) is 0 Å². The van der Waals surface area contributed by atoms with Crippen LogP contribution in [0.5, 0.6) is 0 Å². The zero-order chi connectivity index (χ0) is 9.24. The average molecular weight is 169 g/mol. The molecule has 1 fully saturated rings. The van der Waals surface area contributed by atoms with E-state index < -0.39 is 0 Å². The molecule has 0 saturated heterocycles. The standard InChI is InChI=1S/C11H23N/c1-10(2,3)11(12-4)8-6-5-7-9-11/h12H,5-9H2,1-4H3.